The van der Waals surface area contributed by atoms with E-state index in [0.29, 0.717) is 12.0 Å². The largest absolute Gasteiger partial charge is 0.295 e. The normalized spacial score (nSPS) is 12.6. The van der Waals surface area contributed by atoms with Crippen LogP contribution in [-0.2, 0) is 26.7 Å². The summed E-state index contributed by atoms with van der Waals surface area (Å²) in [6.45, 7) is 2.07. The molecule has 0 radical (unpaired) electrons. The van der Waals surface area contributed by atoms with Crippen molar-refractivity contribution in [2.75, 3.05) is 0 Å². The van der Waals surface area contributed by atoms with Gasteiger partial charge in [-0.15, -0.1) is 0 Å². The smallest absolute Gasteiger partial charge is 0.282 e. The van der Waals surface area contributed by atoms with Crippen molar-refractivity contribution in [2.24, 2.45) is 0 Å². The Morgan fingerprint density at radius 2 is 1.54 bits per heavy atom. The number of unbranched alkanes of at least 4 members (excludes halogenated alkanes) is 3. The van der Waals surface area contributed by atoms with Crippen LogP contribution in [0.15, 0.2) is 40.1 Å². The van der Waals surface area contributed by atoms with E-state index in [0.717, 1.165) is 25.7 Å². The zero-order valence-electron chi connectivity index (χ0n) is 13.3. The molecule has 2 rings (SSSR count). The number of rotatable bonds is 7. The minimum absolute atomic E-state index is 0.0601. The molecule has 6 nitrogen and oxygen atoms in total. The van der Waals surface area contributed by atoms with Crippen LogP contribution in [0.1, 0.15) is 38.2 Å². The Kier molecular flexibility index (Phi) is 5.64. The van der Waals surface area contributed by atoms with Gasteiger partial charge in [0.1, 0.15) is 9.79 Å². The molecule has 0 saturated heterocycles. The summed E-state index contributed by atoms with van der Waals surface area (Å²) < 4.78 is 65.6. The summed E-state index contributed by atoms with van der Waals surface area (Å²) in [4.78, 5) is -0.676. The van der Waals surface area contributed by atoms with Crippen LogP contribution in [0.2, 0.25) is 0 Å². The van der Waals surface area contributed by atoms with Gasteiger partial charge in [-0.2, -0.15) is 16.8 Å². The number of fused-ring (bicyclic) bond motifs is 1. The van der Waals surface area contributed by atoms with E-state index in [4.69, 9.17) is 0 Å². The highest BCUT2D eigenvalue weighted by Gasteiger charge is 2.22. The second-order valence-corrected chi connectivity index (χ2v) is 8.41. The summed E-state index contributed by atoms with van der Waals surface area (Å²) in [5.74, 6) is 0. The maximum absolute atomic E-state index is 11.9. The van der Waals surface area contributed by atoms with E-state index in [2.05, 4.69) is 6.92 Å². The molecule has 2 aromatic rings. The van der Waals surface area contributed by atoms with Gasteiger partial charge in [0.15, 0.2) is 0 Å². The maximum atomic E-state index is 11.9. The van der Waals surface area contributed by atoms with Gasteiger partial charge in [-0.05, 0) is 24.5 Å². The van der Waals surface area contributed by atoms with Crippen molar-refractivity contribution in [3.8, 4) is 0 Å². The van der Waals surface area contributed by atoms with E-state index in [9.17, 15) is 25.9 Å². The van der Waals surface area contributed by atoms with Crippen LogP contribution in [0, 0.1) is 0 Å². The number of hydrogen-bond acceptors (Lipinski definition) is 4. The van der Waals surface area contributed by atoms with Crippen molar-refractivity contribution in [3.63, 3.8) is 0 Å². The molecule has 0 saturated carbocycles. The Morgan fingerprint density at radius 1 is 0.833 bits per heavy atom. The first-order chi connectivity index (χ1) is 11.2. The van der Waals surface area contributed by atoms with Crippen molar-refractivity contribution in [1.29, 1.82) is 0 Å². The highest BCUT2D eigenvalue weighted by atomic mass is 32.2. The van der Waals surface area contributed by atoms with E-state index in [1.807, 2.05) is 0 Å². The average molecular weight is 372 g/mol. The standard InChI is InChI=1S/C16H20O6S2/c1-2-3-4-5-7-12-10-11-13-14(16(12)24(20,21)22)8-6-9-15(13)23(17,18)19/h6,8-11H,2-5,7H2,1H3,(H,17,18,19)(H,20,21,22). The summed E-state index contributed by atoms with van der Waals surface area (Å²) in [6.07, 6.45) is 4.23. The zero-order valence-corrected chi connectivity index (χ0v) is 14.9. The van der Waals surface area contributed by atoms with E-state index in [1.54, 1.807) is 0 Å². The van der Waals surface area contributed by atoms with Crippen molar-refractivity contribution in [1.82, 2.24) is 0 Å². The third-order valence-corrected chi connectivity index (χ3v) is 5.80. The molecule has 24 heavy (non-hydrogen) atoms. The highest BCUT2D eigenvalue weighted by Crippen LogP contribution is 2.31. The Morgan fingerprint density at radius 3 is 2.12 bits per heavy atom. The zero-order chi connectivity index (χ0) is 18.0. The van der Waals surface area contributed by atoms with Crippen LogP contribution in [0.5, 0.6) is 0 Å². The van der Waals surface area contributed by atoms with Gasteiger partial charge in [0.2, 0.25) is 0 Å². The Labute approximate surface area is 142 Å². The second kappa shape index (κ2) is 7.18. The second-order valence-electron chi connectivity index (χ2n) is 5.67. The minimum Gasteiger partial charge on any atom is -0.282 e. The highest BCUT2D eigenvalue weighted by molar-refractivity contribution is 7.86. The minimum atomic E-state index is -4.54. The first-order valence-electron chi connectivity index (χ1n) is 7.66. The van der Waals surface area contributed by atoms with Gasteiger partial charge >= 0.3 is 0 Å². The topological polar surface area (TPSA) is 109 Å². The monoisotopic (exact) mass is 372 g/mol. The molecule has 2 N–H and O–H groups in total. The van der Waals surface area contributed by atoms with Gasteiger partial charge in [0.25, 0.3) is 20.2 Å². The lowest BCUT2D eigenvalue weighted by atomic mass is 10.0. The van der Waals surface area contributed by atoms with Gasteiger partial charge in [-0.1, -0.05) is 50.5 Å². The van der Waals surface area contributed by atoms with Crippen LogP contribution in [0.25, 0.3) is 10.8 Å². The molecule has 0 atom stereocenters. The van der Waals surface area contributed by atoms with E-state index < -0.39 is 20.2 Å². The fraction of sp³-hybridized carbons (Fsp3) is 0.375. The van der Waals surface area contributed by atoms with Crippen LogP contribution in [-0.4, -0.2) is 25.9 Å². The molecule has 0 aliphatic carbocycles. The SMILES string of the molecule is CCCCCCc1ccc2c(S(=O)(=O)O)cccc2c1S(=O)(=O)O. The van der Waals surface area contributed by atoms with Gasteiger partial charge in [-0.25, -0.2) is 0 Å². The van der Waals surface area contributed by atoms with E-state index in [1.165, 1.54) is 30.3 Å². The molecule has 0 spiro atoms. The van der Waals surface area contributed by atoms with Gasteiger partial charge < -0.3 is 0 Å². The molecular weight excluding hydrogens is 352 g/mol. The average Bonchev–Trinajstić information content (AvgIpc) is 2.48. The first-order valence-corrected chi connectivity index (χ1v) is 10.5. The van der Waals surface area contributed by atoms with Crippen molar-refractivity contribution < 1.29 is 25.9 Å². The number of hydrogen-bond donors (Lipinski definition) is 2. The summed E-state index contributed by atoms with van der Waals surface area (Å²) >= 11 is 0. The van der Waals surface area contributed by atoms with Crippen LogP contribution in [0.4, 0.5) is 0 Å². The molecule has 0 amide bonds. The van der Waals surface area contributed by atoms with Gasteiger partial charge in [0.05, 0.1) is 0 Å². The molecule has 0 fully saturated rings. The summed E-state index contributed by atoms with van der Waals surface area (Å²) in [5, 5.41) is 0.144. The molecule has 2 aromatic carbocycles. The predicted molar refractivity (Wildman–Crippen MR) is 91.4 cm³/mol. The molecule has 0 heterocycles. The predicted octanol–water partition coefficient (Wildman–Crippen LogP) is 3.46. The molecule has 0 unspecified atom stereocenters. The van der Waals surface area contributed by atoms with Crippen molar-refractivity contribution in [3.05, 3.63) is 35.9 Å². The Hall–Kier alpha value is -1.48. The molecule has 0 aliphatic heterocycles. The lowest BCUT2D eigenvalue weighted by Crippen LogP contribution is -2.06. The Bertz CT molecular complexity index is 946. The number of aryl methyl sites for hydroxylation is 1. The maximum Gasteiger partial charge on any atom is 0.295 e. The molecule has 0 aliphatic rings. The van der Waals surface area contributed by atoms with E-state index >= 15 is 0 Å². The fourth-order valence-electron chi connectivity index (χ4n) is 2.82. The van der Waals surface area contributed by atoms with Crippen LogP contribution < -0.4 is 0 Å². The van der Waals surface area contributed by atoms with Gasteiger partial charge in [0, 0.05) is 10.8 Å². The lowest BCUT2D eigenvalue weighted by molar-refractivity contribution is 0.480. The quantitative estimate of drug-likeness (QED) is 0.569. The third-order valence-electron chi connectivity index (χ3n) is 3.89. The van der Waals surface area contributed by atoms with Gasteiger partial charge in [-0.3, -0.25) is 9.11 Å². The molecule has 0 bridgehead atoms. The summed E-state index contributed by atoms with van der Waals surface area (Å²) in [6, 6.07) is 6.89. The van der Waals surface area contributed by atoms with Crippen molar-refractivity contribution >= 4 is 31.0 Å². The summed E-state index contributed by atoms with van der Waals surface area (Å²) in [5.41, 5.74) is 0.439. The first kappa shape index (κ1) is 18.9. The molecule has 132 valence electrons. The van der Waals surface area contributed by atoms with Crippen LogP contribution in [0.3, 0.4) is 0 Å². The lowest BCUT2D eigenvalue weighted by Gasteiger charge is -2.12. The molecule has 8 heteroatoms. The fourth-order valence-corrected chi connectivity index (χ4v) is 4.48. The van der Waals surface area contributed by atoms with E-state index in [-0.39, 0.29) is 20.6 Å². The molecular formula is C16H20O6S2. The Balaban J connectivity index is 2.66. The molecule has 0 aromatic heterocycles. The van der Waals surface area contributed by atoms with Crippen LogP contribution >= 0.6 is 0 Å². The number of benzene rings is 2. The third kappa shape index (κ3) is 4.13. The van der Waals surface area contributed by atoms with Crippen molar-refractivity contribution in [2.45, 2.75) is 48.8 Å². The summed E-state index contributed by atoms with van der Waals surface area (Å²) in [7, 11) is -9.05.